The maximum atomic E-state index is 12.1. The molecule has 0 spiro atoms. The Hall–Kier alpha value is -0.570. The summed E-state index contributed by atoms with van der Waals surface area (Å²) in [5.41, 5.74) is 6.05. The van der Waals surface area contributed by atoms with Crippen molar-refractivity contribution < 1.29 is 4.79 Å². The average molecular weight is 240 g/mol. The van der Waals surface area contributed by atoms with Gasteiger partial charge in [0.1, 0.15) is 0 Å². The second kappa shape index (κ2) is 7.70. The molecule has 1 aliphatic rings. The topological polar surface area (TPSA) is 55.1 Å². The van der Waals surface area contributed by atoms with Crippen molar-refractivity contribution in [1.82, 2.24) is 5.32 Å². The molecule has 0 aromatic heterocycles. The number of hydrogen-bond donors (Lipinski definition) is 2. The summed E-state index contributed by atoms with van der Waals surface area (Å²) >= 11 is 0. The van der Waals surface area contributed by atoms with Crippen LogP contribution in [0.15, 0.2) is 0 Å². The molecule has 3 unspecified atom stereocenters. The zero-order valence-electron chi connectivity index (χ0n) is 11.4. The molecule has 3 heteroatoms. The van der Waals surface area contributed by atoms with Crippen LogP contribution in [-0.4, -0.2) is 18.0 Å². The minimum Gasteiger partial charge on any atom is -0.352 e. The van der Waals surface area contributed by atoms with Crippen molar-refractivity contribution in [2.45, 2.75) is 77.3 Å². The summed E-state index contributed by atoms with van der Waals surface area (Å²) in [5, 5.41) is 3.16. The van der Waals surface area contributed by atoms with Crippen LogP contribution in [-0.2, 0) is 4.79 Å². The predicted molar refractivity (Wildman–Crippen MR) is 71.7 cm³/mol. The molecule has 0 radical (unpaired) electrons. The van der Waals surface area contributed by atoms with Gasteiger partial charge in [-0.25, -0.2) is 0 Å². The molecule has 100 valence electrons. The summed E-state index contributed by atoms with van der Waals surface area (Å²) < 4.78 is 0. The van der Waals surface area contributed by atoms with Gasteiger partial charge in [-0.3, -0.25) is 4.79 Å². The molecule has 0 aliphatic heterocycles. The Morgan fingerprint density at radius 2 is 2.06 bits per heavy atom. The molecule has 1 saturated carbocycles. The van der Waals surface area contributed by atoms with Gasteiger partial charge in [-0.05, 0) is 25.7 Å². The first-order valence-electron chi connectivity index (χ1n) is 7.25. The monoisotopic (exact) mass is 240 g/mol. The highest BCUT2D eigenvalue weighted by molar-refractivity contribution is 5.78. The van der Waals surface area contributed by atoms with Crippen LogP contribution >= 0.6 is 0 Å². The first-order valence-corrected chi connectivity index (χ1v) is 7.25. The molecular formula is C14H28N2O. The summed E-state index contributed by atoms with van der Waals surface area (Å²) in [6.45, 7) is 4.27. The third-order valence-corrected chi connectivity index (χ3v) is 3.92. The first-order chi connectivity index (χ1) is 8.19. The van der Waals surface area contributed by atoms with E-state index in [1.54, 1.807) is 0 Å². The van der Waals surface area contributed by atoms with Gasteiger partial charge >= 0.3 is 0 Å². The fourth-order valence-corrected chi connectivity index (χ4v) is 2.61. The first kappa shape index (κ1) is 14.5. The van der Waals surface area contributed by atoms with Crippen molar-refractivity contribution in [3.05, 3.63) is 0 Å². The maximum absolute atomic E-state index is 12.1. The molecule has 1 aliphatic carbocycles. The number of amides is 1. The lowest BCUT2D eigenvalue weighted by Gasteiger charge is -2.30. The van der Waals surface area contributed by atoms with Gasteiger partial charge in [-0.1, -0.05) is 39.5 Å². The van der Waals surface area contributed by atoms with Crippen molar-refractivity contribution in [2.75, 3.05) is 0 Å². The number of carbonyl (C=O) groups excluding carboxylic acids is 1. The molecular weight excluding hydrogens is 212 g/mol. The Morgan fingerprint density at radius 3 is 2.65 bits per heavy atom. The van der Waals surface area contributed by atoms with Crippen molar-refractivity contribution in [3.8, 4) is 0 Å². The standard InChI is InChI=1S/C14H28N2O/c1-3-5-8-11(4-2)14(17)16-13-10-7-6-9-12(13)15/h11-13H,3-10,15H2,1-2H3,(H,16,17). The third-order valence-electron chi connectivity index (χ3n) is 3.92. The molecule has 0 bridgehead atoms. The van der Waals surface area contributed by atoms with E-state index in [1.807, 2.05) is 0 Å². The van der Waals surface area contributed by atoms with Crippen molar-refractivity contribution in [1.29, 1.82) is 0 Å². The van der Waals surface area contributed by atoms with E-state index in [4.69, 9.17) is 5.73 Å². The Kier molecular flexibility index (Phi) is 6.56. The van der Waals surface area contributed by atoms with Gasteiger partial charge in [-0.2, -0.15) is 0 Å². The van der Waals surface area contributed by atoms with Crippen LogP contribution in [0.1, 0.15) is 65.2 Å². The molecule has 17 heavy (non-hydrogen) atoms. The Labute approximate surface area is 106 Å². The highest BCUT2D eigenvalue weighted by Gasteiger charge is 2.25. The lowest BCUT2D eigenvalue weighted by molar-refractivity contribution is -0.126. The SMILES string of the molecule is CCCCC(CC)C(=O)NC1CCCCC1N. The van der Waals surface area contributed by atoms with E-state index in [-0.39, 0.29) is 23.9 Å². The van der Waals surface area contributed by atoms with E-state index in [0.717, 1.165) is 38.5 Å². The van der Waals surface area contributed by atoms with Gasteiger partial charge in [0.25, 0.3) is 0 Å². The molecule has 1 fully saturated rings. The molecule has 3 N–H and O–H groups in total. The molecule has 0 heterocycles. The lowest BCUT2D eigenvalue weighted by atomic mass is 9.90. The fraction of sp³-hybridized carbons (Fsp3) is 0.929. The van der Waals surface area contributed by atoms with Crippen LogP contribution in [0.5, 0.6) is 0 Å². The minimum atomic E-state index is 0.163. The minimum absolute atomic E-state index is 0.163. The smallest absolute Gasteiger partial charge is 0.223 e. The largest absolute Gasteiger partial charge is 0.352 e. The summed E-state index contributed by atoms with van der Waals surface area (Å²) in [7, 11) is 0. The summed E-state index contributed by atoms with van der Waals surface area (Å²) in [5.74, 6) is 0.410. The molecule has 3 nitrogen and oxygen atoms in total. The normalized spacial score (nSPS) is 26.5. The fourth-order valence-electron chi connectivity index (χ4n) is 2.61. The number of carbonyl (C=O) groups is 1. The Balaban J connectivity index is 2.39. The van der Waals surface area contributed by atoms with Crippen LogP contribution in [0.4, 0.5) is 0 Å². The predicted octanol–water partition coefficient (Wildman–Crippen LogP) is 2.59. The lowest BCUT2D eigenvalue weighted by Crippen LogP contribution is -2.50. The Morgan fingerprint density at radius 1 is 1.35 bits per heavy atom. The van der Waals surface area contributed by atoms with E-state index in [9.17, 15) is 4.79 Å². The number of unbranched alkanes of at least 4 members (excludes halogenated alkanes) is 1. The maximum Gasteiger partial charge on any atom is 0.223 e. The van der Waals surface area contributed by atoms with Crippen molar-refractivity contribution in [2.24, 2.45) is 11.7 Å². The zero-order chi connectivity index (χ0) is 12.7. The van der Waals surface area contributed by atoms with Crippen LogP contribution in [0.25, 0.3) is 0 Å². The summed E-state index contributed by atoms with van der Waals surface area (Å²) in [6.07, 6.45) is 8.77. The second-order valence-corrected chi connectivity index (χ2v) is 5.31. The van der Waals surface area contributed by atoms with Gasteiger partial charge in [-0.15, -0.1) is 0 Å². The van der Waals surface area contributed by atoms with Gasteiger partial charge in [0.05, 0.1) is 0 Å². The van der Waals surface area contributed by atoms with E-state index in [1.165, 1.54) is 12.8 Å². The molecule has 0 aromatic rings. The third kappa shape index (κ3) is 4.66. The van der Waals surface area contributed by atoms with Gasteiger partial charge in [0.15, 0.2) is 0 Å². The van der Waals surface area contributed by atoms with E-state index in [0.29, 0.717) is 0 Å². The van der Waals surface area contributed by atoms with E-state index < -0.39 is 0 Å². The highest BCUT2D eigenvalue weighted by atomic mass is 16.1. The second-order valence-electron chi connectivity index (χ2n) is 5.31. The average Bonchev–Trinajstić information content (AvgIpc) is 2.33. The van der Waals surface area contributed by atoms with Gasteiger partial charge < -0.3 is 11.1 Å². The number of hydrogen-bond acceptors (Lipinski definition) is 2. The van der Waals surface area contributed by atoms with Crippen molar-refractivity contribution in [3.63, 3.8) is 0 Å². The molecule has 0 saturated heterocycles. The quantitative estimate of drug-likeness (QED) is 0.750. The van der Waals surface area contributed by atoms with E-state index >= 15 is 0 Å². The van der Waals surface area contributed by atoms with Crippen LogP contribution in [0, 0.1) is 5.92 Å². The van der Waals surface area contributed by atoms with Crippen LogP contribution < -0.4 is 11.1 Å². The molecule has 3 atom stereocenters. The van der Waals surface area contributed by atoms with Crippen molar-refractivity contribution >= 4 is 5.91 Å². The molecule has 1 rings (SSSR count). The number of rotatable bonds is 6. The summed E-state index contributed by atoms with van der Waals surface area (Å²) in [4.78, 5) is 12.1. The zero-order valence-corrected chi connectivity index (χ0v) is 11.4. The number of nitrogens with two attached hydrogens (primary N) is 1. The summed E-state index contributed by atoms with van der Waals surface area (Å²) in [6, 6.07) is 0.378. The highest BCUT2D eigenvalue weighted by Crippen LogP contribution is 2.19. The Bertz CT molecular complexity index is 230. The van der Waals surface area contributed by atoms with Gasteiger partial charge in [0.2, 0.25) is 5.91 Å². The molecule has 0 aromatic carbocycles. The number of nitrogens with one attached hydrogen (secondary N) is 1. The van der Waals surface area contributed by atoms with Crippen LogP contribution in [0.3, 0.4) is 0 Å². The van der Waals surface area contributed by atoms with Crippen LogP contribution in [0.2, 0.25) is 0 Å². The van der Waals surface area contributed by atoms with E-state index in [2.05, 4.69) is 19.2 Å². The van der Waals surface area contributed by atoms with Gasteiger partial charge in [0, 0.05) is 18.0 Å². The molecule has 1 amide bonds.